The Morgan fingerprint density at radius 2 is 1.85 bits per heavy atom. The Morgan fingerprint density at radius 3 is 2.53 bits per heavy atom. The number of hydrogen-bond donors (Lipinski definition) is 1. The second kappa shape index (κ2) is 11.0. The average Bonchev–Trinajstić information content (AvgIpc) is 2.85. The second-order valence-electron chi connectivity index (χ2n) is 8.62. The minimum Gasteiger partial charge on any atom is -0.755 e. The molecule has 0 bridgehead atoms. The van der Waals surface area contributed by atoms with Gasteiger partial charge in [0.1, 0.15) is 0 Å². The Labute approximate surface area is 202 Å². The van der Waals surface area contributed by atoms with Crippen molar-refractivity contribution in [2.45, 2.75) is 51.5 Å². The van der Waals surface area contributed by atoms with Gasteiger partial charge < -0.3 is 19.5 Å². The van der Waals surface area contributed by atoms with Gasteiger partial charge in [0.15, 0.2) is 0 Å². The van der Waals surface area contributed by atoms with E-state index in [0.717, 1.165) is 36.8 Å². The number of amides is 2. The molecule has 0 aromatic heterocycles. The van der Waals surface area contributed by atoms with Crippen LogP contribution in [0.1, 0.15) is 54.1 Å². The van der Waals surface area contributed by atoms with Crippen LogP contribution in [0.3, 0.4) is 0 Å². The zero-order valence-corrected chi connectivity index (χ0v) is 20.1. The Balaban J connectivity index is 1.60. The molecule has 1 aliphatic heterocycles. The van der Waals surface area contributed by atoms with Crippen LogP contribution in [-0.2, 0) is 28.8 Å². The van der Waals surface area contributed by atoms with E-state index in [4.69, 9.17) is 4.74 Å². The lowest BCUT2D eigenvalue weighted by molar-refractivity contribution is 0.0975. The van der Waals surface area contributed by atoms with Crippen LogP contribution < -0.4 is 9.62 Å². The van der Waals surface area contributed by atoms with Crippen molar-refractivity contribution in [1.29, 1.82) is 0 Å². The maximum Gasteiger partial charge on any atom is 0.409 e. The van der Waals surface area contributed by atoms with Gasteiger partial charge in [0, 0.05) is 41.6 Å². The van der Waals surface area contributed by atoms with Crippen LogP contribution in [0.2, 0.25) is 0 Å². The number of benzene rings is 2. The lowest BCUT2D eigenvalue weighted by atomic mass is 9.89. The maximum absolute atomic E-state index is 12.9. The van der Waals surface area contributed by atoms with Crippen molar-refractivity contribution in [3.8, 4) is 0 Å². The molecule has 1 atom stereocenters. The van der Waals surface area contributed by atoms with Gasteiger partial charge in [-0.25, -0.2) is 4.79 Å². The molecular formula is C25H30N3O5S-. The first-order valence-corrected chi connectivity index (χ1v) is 12.8. The van der Waals surface area contributed by atoms with Crippen molar-refractivity contribution < 1.29 is 23.1 Å². The number of rotatable bonds is 6. The Kier molecular flexibility index (Phi) is 7.84. The third kappa shape index (κ3) is 5.42. The van der Waals surface area contributed by atoms with Gasteiger partial charge in [-0.3, -0.25) is 13.3 Å². The first-order chi connectivity index (χ1) is 16.5. The number of nitrogens with one attached hydrogen (secondary N) is 1. The highest BCUT2D eigenvalue weighted by Gasteiger charge is 2.30. The highest BCUT2D eigenvalue weighted by atomic mass is 32.2. The SMILES string of the molecule is CCOC(=O)N1CCC(N(c2cc3c(c(NC(=O)c4ccccc4)c2)CCCC3)S(=O)[O-])CC1. The van der Waals surface area contributed by atoms with Gasteiger partial charge in [-0.05, 0) is 80.8 Å². The number of anilines is 2. The van der Waals surface area contributed by atoms with Gasteiger partial charge in [-0.15, -0.1) is 0 Å². The number of hydrogen-bond acceptors (Lipinski definition) is 5. The van der Waals surface area contributed by atoms with Gasteiger partial charge in [0.25, 0.3) is 5.91 Å². The molecule has 8 nitrogen and oxygen atoms in total. The van der Waals surface area contributed by atoms with Crippen molar-refractivity contribution >= 4 is 34.6 Å². The van der Waals surface area contributed by atoms with E-state index in [1.807, 2.05) is 24.3 Å². The van der Waals surface area contributed by atoms with E-state index < -0.39 is 11.3 Å². The fraction of sp³-hybridized carbons (Fsp3) is 0.440. The molecule has 9 heteroatoms. The normalized spacial score (nSPS) is 16.9. The van der Waals surface area contributed by atoms with Gasteiger partial charge in [0.05, 0.1) is 12.3 Å². The van der Waals surface area contributed by atoms with Crippen LogP contribution in [0.5, 0.6) is 0 Å². The molecule has 0 spiro atoms. The molecule has 2 aromatic rings. The van der Waals surface area contributed by atoms with E-state index in [0.29, 0.717) is 49.5 Å². The summed E-state index contributed by atoms with van der Waals surface area (Å²) in [5.74, 6) is -0.219. The van der Waals surface area contributed by atoms with Crippen molar-refractivity contribution in [2.75, 3.05) is 29.3 Å². The predicted octanol–water partition coefficient (Wildman–Crippen LogP) is 4.04. The summed E-state index contributed by atoms with van der Waals surface area (Å²) in [4.78, 5) is 26.5. The summed E-state index contributed by atoms with van der Waals surface area (Å²) >= 11 is -2.50. The van der Waals surface area contributed by atoms with Gasteiger partial charge in [0.2, 0.25) is 0 Å². The third-order valence-electron chi connectivity index (χ3n) is 6.47. The zero-order chi connectivity index (χ0) is 24.1. The summed E-state index contributed by atoms with van der Waals surface area (Å²) in [7, 11) is 0. The molecule has 1 fully saturated rings. The molecule has 1 saturated heterocycles. The first-order valence-electron chi connectivity index (χ1n) is 11.8. The van der Waals surface area contributed by atoms with Crippen LogP contribution >= 0.6 is 0 Å². The molecule has 2 aliphatic rings. The molecule has 1 unspecified atom stereocenters. The van der Waals surface area contributed by atoms with Gasteiger partial charge in [-0.2, -0.15) is 0 Å². The van der Waals surface area contributed by atoms with E-state index in [-0.39, 0.29) is 18.0 Å². The molecule has 0 saturated carbocycles. The van der Waals surface area contributed by atoms with Crippen molar-refractivity contribution in [3.63, 3.8) is 0 Å². The van der Waals surface area contributed by atoms with E-state index in [9.17, 15) is 18.4 Å². The second-order valence-corrected chi connectivity index (χ2v) is 9.45. The van der Waals surface area contributed by atoms with E-state index in [1.165, 1.54) is 4.31 Å². The Bertz CT molecular complexity index is 1050. The van der Waals surface area contributed by atoms with Crippen LogP contribution in [0.15, 0.2) is 42.5 Å². The molecule has 4 rings (SSSR count). The lowest BCUT2D eigenvalue weighted by Crippen LogP contribution is -2.47. The maximum atomic E-state index is 12.9. The number of likely N-dealkylation sites (tertiary alicyclic amines) is 1. The number of piperidine rings is 1. The molecule has 2 aromatic carbocycles. The average molecular weight is 485 g/mol. The standard InChI is InChI=1S/C25H31N3O5S/c1-2-33-25(30)27-14-12-20(13-15-27)28(34(31)32)21-16-19-10-6-7-11-22(19)23(17-21)26-24(29)18-8-4-3-5-9-18/h3-5,8-9,16-17,20H,2,6-7,10-15H2,1H3,(H,26,29)(H,31,32)/p-1. The topological polar surface area (TPSA) is 102 Å². The molecule has 182 valence electrons. The highest BCUT2D eigenvalue weighted by molar-refractivity contribution is 7.80. The zero-order valence-electron chi connectivity index (χ0n) is 19.3. The number of fused-ring (bicyclic) bond motifs is 1. The summed E-state index contributed by atoms with van der Waals surface area (Å²) < 4.78 is 31.2. The summed E-state index contributed by atoms with van der Waals surface area (Å²) in [5.41, 5.74) is 3.92. The predicted molar refractivity (Wildman–Crippen MR) is 130 cm³/mol. The monoisotopic (exact) mass is 484 g/mol. The first kappa shape index (κ1) is 24.2. The molecule has 34 heavy (non-hydrogen) atoms. The smallest absolute Gasteiger partial charge is 0.409 e. The van der Waals surface area contributed by atoms with Crippen molar-refractivity contribution in [2.24, 2.45) is 0 Å². The molecule has 1 N–H and O–H groups in total. The Hall–Kier alpha value is -2.91. The number of aryl methyl sites for hydroxylation is 1. The summed E-state index contributed by atoms with van der Waals surface area (Å²) in [6.45, 7) is 2.93. The molecule has 1 heterocycles. The molecular weight excluding hydrogens is 454 g/mol. The van der Waals surface area contributed by atoms with Crippen molar-refractivity contribution in [3.05, 3.63) is 59.2 Å². The lowest BCUT2D eigenvalue weighted by Gasteiger charge is -2.40. The highest BCUT2D eigenvalue weighted by Crippen LogP contribution is 2.35. The summed E-state index contributed by atoms with van der Waals surface area (Å²) in [6.07, 6.45) is 4.41. The number of carbonyl (C=O) groups excluding carboxylic acids is 2. The number of carbonyl (C=O) groups is 2. The van der Waals surface area contributed by atoms with E-state index in [1.54, 1.807) is 30.0 Å². The van der Waals surface area contributed by atoms with Crippen molar-refractivity contribution in [1.82, 2.24) is 4.90 Å². The van der Waals surface area contributed by atoms with E-state index >= 15 is 0 Å². The van der Waals surface area contributed by atoms with Crippen LogP contribution in [-0.4, -0.2) is 51.4 Å². The fourth-order valence-electron chi connectivity index (χ4n) is 4.79. The van der Waals surface area contributed by atoms with Crippen LogP contribution in [0, 0.1) is 0 Å². The van der Waals surface area contributed by atoms with Gasteiger partial charge in [-0.1, -0.05) is 18.2 Å². The minimum atomic E-state index is -2.50. The van der Waals surface area contributed by atoms with Crippen LogP contribution in [0.25, 0.3) is 0 Å². The quantitative estimate of drug-likeness (QED) is 0.624. The molecule has 0 radical (unpaired) electrons. The Morgan fingerprint density at radius 1 is 1.15 bits per heavy atom. The number of ether oxygens (including phenoxy) is 1. The summed E-state index contributed by atoms with van der Waals surface area (Å²) in [5, 5.41) is 3.02. The van der Waals surface area contributed by atoms with Gasteiger partial charge >= 0.3 is 6.09 Å². The largest absolute Gasteiger partial charge is 0.755 e. The molecule has 1 aliphatic carbocycles. The molecule has 2 amide bonds. The number of nitrogens with zero attached hydrogens (tertiary/aromatic N) is 2. The fourth-order valence-corrected chi connectivity index (χ4v) is 5.52. The van der Waals surface area contributed by atoms with Crippen LogP contribution in [0.4, 0.5) is 16.2 Å². The third-order valence-corrected chi connectivity index (χ3v) is 7.30. The minimum absolute atomic E-state index is 0.219. The van der Waals surface area contributed by atoms with E-state index in [2.05, 4.69) is 5.32 Å². The summed E-state index contributed by atoms with van der Waals surface area (Å²) in [6, 6.07) is 12.4.